The molecule has 1 aliphatic heterocycles. The predicted octanol–water partition coefficient (Wildman–Crippen LogP) is 1.75. The monoisotopic (exact) mass is 284 g/mol. The first-order chi connectivity index (χ1) is 10.2. The molecule has 0 saturated carbocycles. The minimum absolute atomic E-state index is 0.00716. The van der Waals surface area contributed by atoms with Crippen LogP contribution in [0.25, 0.3) is 0 Å². The van der Waals surface area contributed by atoms with Gasteiger partial charge in [-0.15, -0.1) is 0 Å². The maximum Gasteiger partial charge on any atom is 0.251 e. The number of aryl methyl sites for hydroxylation is 2. The van der Waals surface area contributed by atoms with Gasteiger partial charge < -0.3 is 10.6 Å². The summed E-state index contributed by atoms with van der Waals surface area (Å²) >= 11 is 0. The zero-order chi connectivity index (χ0) is 14.7. The quantitative estimate of drug-likeness (QED) is 0.899. The maximum absolute atomic E-state index is 12.2. The Bertz CT molecular complexity index is 647. The molecule has 2 heterocycles. The standard InChI is InChI=1S/C16H20N4O/c1-20-11-12(10-19-20)6-8-18-16(21)14-4-5-15-13(9-14)3-2-7-17-15/h4-5,9-11,17H,2-3,6-8H2,1H3,(H,18,21). The topological polar surface area (TPSA) is 59.0 Å². The molecule has 1 aromatic heterocycles. The van der Waals surface area contributed by atoms with Crippen molar-refractivity contribution in [3.05, 3.63) is 47.3 Å². The Morgan fingerprint density at radius 1 is 1.48 bits per heavy atom. The van der Waals surface area contributed by atoms with E-state index in [4.69, 9.17) is 0 Å². The molecule has 5 nitrogen and oxygen atoms in total. The average molecular weight is 284 g/mol. The molecule has 0 atom stereocenters. The molecule has 2 N–H and O–H groups in total. The number of aromatic nitrogens is 2. The van der Waals surface area contributed by atoms with Gasteiger partial charge in [0.2, 0.25) is 0 Å². The molecule has 1 aromatic carbocycles. The molecule has 3 rings (SSSR count). The first-order valence-electron chi connectivity index (χ1n) is 7.35. The van der Waals surface area contributed by atoms with E-state index in [2.05, 4.69) is 15.7 Å². The van der Waals surface area contributed by atoms with E-state index in [1.165, 1.54) is 5.56 Å². The Kier molecular flexibility index (Phi) is 3.90. The van der Waals surface area contributed by atoms with E-state index >= 15 is 0 Å². The normalized spacial score (nSPS) is 13.4. The van der Waals surface area contributed by atoms with Crippen LogP contribution in [-0.4, -0.2) is 28.8 Å². The zero-order valence-corrected chi connectivity index (χ0v) is 12.2. The third-order valence-electron chi connectivity index (χ3n) is 3.76. The van der Waals surface area contributed by atoms with Crippen molar-refractivity contribution in [3.8, 4) is 0 Å². The summed E-state index contributed by atoms with van der Waals surface area (Å²) in [4.78, 5) is 12.2. The van der Waals surface area contributed by atoms with Crippen LogP contribution in [0.4, 0.5) is 5.69 Å². The molecular formula is C16H20N4O. The summed E-state index contributed by atoms with van der Waals surface area (Å²) in [5.41, 5.74) is 4.27. The Morgan fingerprint density at radius 3 is 3.19 bits per heavy atom. The van der Waals surface area contributed by atoms with E-state index in [1.54, 1.807) is 4.68 Å². The van der Waals surface area contributed by atoms with Crippen LogP contribution < -0.4 is 10.6 Å². The number of benzene rings is 1. The van der Waals surface area contributed by atoms with Gasteiger partial charge >= 0.3 is 0 Å². The van der Waals surface area contributed by atoms with Crippen LogP contribution in [0.2, 0.25) is 0 Å². The molecule has 0 unspecified atom stereocenters. The smallest absolute Gasteiger partial charge is 0.251 e. The van der Waals surface area contributed by atoms with Crippen molar-refractivity contribution >= 4 is 11.6 Å². The predicted molar refractivity (Wildman–Crippen MR) is 82.5 cm³/mol. The van der Waals surface area contributed by atoms with Crippen LogP contribution in [0.1, 0.15) is 27.9 Å². The summed E-state index contributed by atoms with van der Waals surface area (Å²) in [5.74, 6) is -0.00716. The first kappa shape index (κ1) is 13.7. The lowest BCUT2D eigenvalue weighted by atomic mass is 10.0. The van der Waals surface area contributed by atoms with Crippen LogP contribution in [0, 0.1) is 0 Å². The van der Waals surface area contributed by atoms with Crippen LogP contribution in [0.15, 0.2) is 30.6 Å². The van der Waals surface area contributed by atoms with Gasteiger partial charge in [0.05, 0.1) is 6.20 Å². The number of fused-ring (bicyclic) bond motifs is 1. The molecule has 0 spiro atoms. The molecule has 0 radical (unpaired) electrons. The van der Waals surface area contributed by atoms with Crippen molar-refractivity contribution in [2.24, 2.45) is 7.05 Å². The highest BCUT2D eigenvalue weighted by molar-refractivity contribution is 5.95. The molecular weight excluding hydrogens is 264 g/mol. The maximum atomic E-state index is 12.2. The summed E-state index contributed by atoms with van der Waals surface area (Å²) in [6.07, 6.45) is 6.76. The summed E-state index contributed by atoms with van der Waals surface area (Å²) in [5, 5.41) is 10.4. The number of hydrogen-bond acceptors (Lipinski definition) is 3. The lowest BCUT2D eigenvalue weighted by molar-refractivity contribution is 0.0954. The van der Waals surface area contributed by atoms with Crippen LogP contribution >= 0.6 is 0 Å². The molecule has 21 heavy (non-hydrogen) atoms. The van der Waals surface area contributed by atoms with Crippen molar-refractivity contribution in [2.75, 3.05) is 18.4 Å². The minimum atomic E-state index is -0.00716. The first-order valence-corrected chi connectivity index (χ1v) is 7.35. The average Bonchev–Trinajstić information content (AvgIpc) is 2.92. The van der Waals surface area contributed by atoms with Gasteiger partial charge in [0, 0.05) is 37.6 Å². The van der Waals surface area contributed by atoms with Crippen molar-refractivity contribution in [2.45, 2.75) is 19.3 Å². The van der Waals surface area contributed by atoms with Crippen molar-refractivity contribution < 1.29 is 4.79 Å². The fraction of sp³-hybridized carbons (Fsp3) is 0.375. The van der Waals surface area contributed by atoms with Gasteiger partial charge in [-0.25, -0.2) is 0 Å². The largest absolute Gasteiger partial charge is 0.385 e. The highest BCUT2D eigenvalue weighted by atomic mass is 16.1. The van der Waals surface area contributed by atoms with Gasteiger partial charge in [-0.05, 0) is 48.6 Å². The Morgan fingerprint density at radius 2 is 2.38 bits per heavy atom. The summed E-state index contributed by atoms with van der Waals surface area (Å²) < 4.78 is 1.77. The fourth-order valence-corrected chi connectivity index (χ4v) is 2.64. The van der Waals surface area contributed by atoms with Gasteiger partial charge in [-0.1, -0.05) is 0 Å². The number of nitrogens with zero attached hydrogens (tertiary/aromatic N) is 2. The third kappa shape index (κ3) is 3.24. The molecule has 0 fully saturated rings. The molecule has 0 bridgehead atoms. The number of anilines is 1. The van der Waals surface area contributed by atoms with Gasteiger partial charge in [0.1, 0.15) is 0 Å². The van der Waals surface area contributed by atoms with Gasteiger partial charge in [-0.2, -0.15) is 5.10 Å². The lowest BCUT2D eigenvalue weighted by Gasteiger charge is -2.18. The minimum Gasteiger partial charge on any atom is -0.385 e. The van der Waals surface area contributed by atoms with E-state index < -0.39 is 0 Å². The Balaban J connectivity index is 1.57. The van der Waals surface area contributed by atoms with Gasteiger partial charge in [0.25, 0.3) is 5.91 Å². The molecule has 2 aromatic rings. The number of amides is 1. The SMILES string of the molecule is Cn1cc(CCNC(=O)c2ccc3c(c2)CCCN3)cn1. The summed E-state index contributed by atoms with van der Waals surface area (Å²) in [6, 6.07) is 5.89. The number of carbonyl (C=O) groups excluding carboxylic acids is 1. The highest BCUT2D eigenvalue weighted by Crippen LogP contribution is 2.22. The number of hydrogen-bond donors (Lipinski definition) is 2. The third-order valence-corrected chi connectivity index (χ3v) is 3.76. The Labute approximate surface area is 124 Å². The highest BCUT2D eigenvalue weighted by Gasteiger charge is 2.12. The van der Waals surface area contributed by atoms with Crippen LogP contribution in [0.3, 0.4) is 0 Å². The van der Waals surface area contributed by atoms with Crippen LogP contribution in [0.5, 0.6) is 0 Å². The second-order valence-electron chi connectivity index (χ2n) is 5.43. The van der Waals surface area contributed by atoms with Crippen molar-refractivity contribution in [1.29, 1.82) is 0 Å². The molecule has 5 heteroatoms. The zero-order valence-electron chi connectivity index (χ0n) is 12.2. The van der Waals surface area contributed by atoms with E-state index in [0.717, 1.165) is 42.6 Å². The summed E-state index contributed by atoms with van der Waals surface area (Å²) in [7, 11) is 1.89. The molecule has 1 amide bonds. The van der Waals surface area contributed by atoms with E-state index in [9.17, 15) is 4.79 Å². The molecule has 0 saturated heterocycles. The lowest BCUT2D eigenvalue weighted by Crippen LogP contribution is -2.26. The number of nitrogens with one attached hydrogen (secondary N) is 2. The van der Waals surface area contributed by atoms with Gasteiger partial charge in [-0.3, -0.25) is 9.48 Å². The number of carbonyl (C=O) groups is 1. The van der Waals surface area contributed by atoms with Crippen molar-refractivity contribution in [3.63, 3.8) is 0 Å². The van der Waals surface area contributed by atoms with Crippen molar-refractivity contribution in [1.82, 2.24) is 15.1 Å². The number of rotatable bonds is 4. The second kappa shape index (κ2) is 5.99. The van der Waals surface area contributed by atoms with E-state index in [0.29, 0.717) is 6.54 Å². The molecule has 110 valence electrons. The van der Waals surface area contributed by atoms with E-state index in [1.807, 2.05) is 37.6 Å². The molecule has 1 aliphatic rings. The van der Waals surface area contributed by atoms with Crippen LogP contribution in [-0.2, 0) is 19.9 Å². The molecule has 0 aliphatic carbocycles. The second-order valence-corrected chi connectivity index (χ2v) is 5.43. The fourth-order valence-electron chi connectivity index (χ4n) is 2.64. The Hall–Kier alpha value is -2.30. The van der Waals surface area contributed by atoms with E-state index in [-0.39, 0.29) is 5.91 Å². The summed E-state index contributed by atoms with van der Waals surface area (Å²) in [6.45, 7) is 1.64. The van der Waals surface area contributed by atoms with Gasteiger partial charge in [0.15, 0.2) is 0 Å².